The molecule has 2 saturated carbocycles. The first kappa shape index (κ1) is 11.1. The van der Waals surface area contributed by atoms with Gasteiger partial charge in [-0.25, -0.2) is 9.97 Å². The third-order valence-corrected chi connectivity index (χ3v) is 5.05. The van der Waals surface area contributed by atoms with Crippen LogP contribution in [0.15, 0.2) is 6.07 Å². The molecule has 0 radical (unpaired) electrons. The number of hydrogen-bond donors (Lipinski definition) is 1. The van der Waals surface area contributed by atoms with Gasteiger partial charge in [-0.2, -0.15) is 0 Å². The number of imidazole rings is 1. The molecular weight excluding hydrogens is 269 g/mol. The quantitative estimate of drug-likeness (QED) is 0.797. The minimum atomic E-state index is 0.329. The van der Waals surface area contributed by atoms with E-state index in [-0.39, 0.29) is 0 Å². The van der Waals surface area contributed by atoms with Crippen molar-refractivity contribution in [1.29, 1.82) is 0 Å². The van der Waals surface area contributed by atoms with E-state index in [0.717, 1.165) is 23.2 Å². The zero-order valence-electron chi connectivity index (χ0n) is 9.79. The maximum absolute atomic E-state index is 5.97. The Morgan fingerprint density at radius 1 is 1.11 bits per heavy atom. The maximum Gasteiger partial charge on any atom is 0.179 e. The number of hydrogen-bond acceptors (Lipinski definition) is 2. The molecule has 0 amide bonds. The Kier molecular flexibility index (Phi) is 2.36. The number of pyridine rings is 1. The highest BCUT2D eigenvalue weighted by Crippen LogP contribution is 2.60. The van der Waals surface area contributed by atoms with Crippen LogP contribution in [0.25, 0.3) is 11.2 Å². The van der Waals surface area contributed by atoms with E-state index in [1.165, 1.54) is 25.7 Å². The molecule has 0 aliphatic heterocycles. The lowest BCUT2D eigenvalue weighted by Gasteiger charge is -2.04. The van der Waals surface area contributed by atoms with Crippen LogP contribution in [0, 0.1) is 11.8 Å². The summed E-state index contributed by atoms with van der Waals surface area (Å²) in [7, 11) is 0. The first-order valence-electron chi connectivity index (χ1n) is 6.45. The van der Waals surface area contributed by atoms with Crippen LogP contribution in [0.2, 0.25) is 10.2 Å². The zero-order valence-corrected chi connectivity index (χ0v) is 11.3. The fourth-order valence-corrected chi connectivity index (χ4v) is 3.76. The molecule has 0 aromatic carbocycles. The van der Waals surface area contributed by atoms with E-state index in [1.807, 2.05) is 6.07 Å². The maximum atomic E-state index is 5.97. The lowest BCUT2D eigenvalue weighted by atomic mass is 10.0. The summed E-state index contributed by atoms with van der Waals surface area (Å²) < 4.78 is 0. The van der Waals surface area contributed by atoms with E-state index in [1.54, 1.807) is 0 Å². The van der Waals surface area contributed by atoms with E-state index < -0.39 is 0 Å². The summed E-state index contributed by atoms with van der Waals surface area (Å²) in [6.45, 7) is 0. The highest BCUT2D eigenvalue weighted by Gasteiger charge is 2.52. The number of aromatic nitrogens is 3. The van der Waals surface area contributed by atoms with Crippen LogP contribution in [-0.4, -0.2) is 15.0 Å². The predicted molar refractivity (Wildman–Crippen MR) is 72.1 cm³/mol. The van der Waals surface area contributed by atoms with Crippen molar-refractivity contribution in [2.24, 2.45) is 11.8 Å². The van der Waals surface area contributed by atoms with Gasteiger partial charge in [-0.05, 0) is 30.7 Å². The van der Waals surface area contributed by atoms with Gasteiger partial charge in [0.25, 0.3) is 0 Å². The van der Waals surface area contributed by atoms with Crippen LogP contribution >= 0.6 is 23.2 Å². The van der Waals surface area contributed by atoms with Gasteiger partial charge < -0.3 is 4.98 Å². The monoisotopic (exact) mass is 281 g/mol. The molecule has 2 aliphatic carbocycles. The number of fused-ring (bicyclic) bond motifs is 2. The van der Waals surface area contributed by atoms with Crippen molar-refractivity contribution in [3.8, 4) is 0 Å². The number of halogens is 2. The first-order chi connectivity index (χ1) is 8.74. The Balaban J connectivity index is 1.74. The van der Waals surface area contributed by atoms with Crippen molar-refractivity contribution < 1.29 is 0 Å². The van der Waals surface area contributed by atoms with Crippen LogP contribution < -0.4 is 0 Å². The fourth-order valence-electron chi connectivity index (χ4n) is 3.47. The van der Waals surface area contributed by atoms with Crippen LogP contribution in [0.5, 0.6) is 0 Å². The van der Waals surface area contributed by atoms with Crippen molar-refractivity contribution in [3.05, 3.63) is 22.1 Å². The second-order valence-electron chi connectivity index (χ2n) is 5.39. The Labute approximate surface area is 115 Å². The number of H-pyrrole nitrogens is 1. The van der Waals surface area contributed by atoms with Gasteiger partial charge in [-0.15, -0.1) is 0 Å². The van der Waals surface area contributed by atoms with Crippen LogP contribution in [0.4, 0.5) is 0 Å². The van der Waals surface area contributed by atoms with Crippen LogP contribution in [-0.2, 0) is 0 Å². The molecular formula is C13H13Cl2N3. The summed E-state index contributed by atoms with van der Waals surface area (Å²) >= 11 is 11.9. The molecule has 3 nitrogen and oxygen atoms in total. The Bertz CT molecular complexity index is 571. The van der Waals surface area contributed by atoms with E-state index in [2.05, 4.69) is 15.0 Å². The molecule has 18 heavy (non-hydrogen) atoms. The smallest absolute Gasteiger partial charge is 0.179 e. The molecule has 1 N–H and O–H groups in total. The molecule has 2 aromatic rings. The number of aromatic amines is 1. The Morgan fingerprint density at radius 2 is 1.83 bits per heavy atom. The molecule has 0 bridgehead atoms. The molecule has 2 fully saturated rings. The van der Waals surface area contributed by atoms with Gasteiger partial charge in [0, 0.05) is 5.92 Å². The average molecular weight is 282 g/mol. The van der Waals surface area contributed by atoms with Gasteiger partial charge in [-0.3, -0.25) is 0 Å². The van der Waals surface area contributed by atoms with Crippen molar-refractivity contribution in [1.82, 2.24) is 15.0 Å². The highest BCUT2D eigenvalue weighted by atomic mass is 35.5. The van der Waals surface area contributed by atoms with Crippen molar-refractivity contribution >= 4 is 34.4 Å². The molecule has 0 saturated heterocycles. The zero-order chi connectivity index (χ0) is 12.3. The van der Waals surface area contributed by atoms with Gasteiger partial charge in [0.05, 0.1) is 10.5 Å². The van der Waals surface area contributed by atoms with Crippen LogP contribution in [0.1, 0.15) is 37.4 Å². The van der Waals surface area contributed by atoms with Crippen LogP contribution in [0.3, 0.4) is 0 Å². The summed E-state index contributed by atoms with van der Waals surface area (Å²) in [5.41, 5.74) is 1.58. The van der Waals surface area contributed by atoms with Gasteiger partial charge in [0.15, 0.2) is 5.65 Å². The summed E-state index contributed by atoms with van der Waals surface area (Å²) in [6.07, 6.45) is 5.43. The van der Waals surface area contributed by atoms with Crippen molar-refractivity contribution in [2.75, 3.05) is 0 Å². The van der Waals surface area contributed by atoms with E-state index in [4.69, 9.17) is 23.2 Å². The molecule has 2 unspecified atom stereocenters. The SMILES string of the molecule is Clc1cc2[nH]c(C3C4CCCCC43)nc2nc1Cl. The Morgan fingerprint density at radius 3 is 2.56 bits per heavy atom. The first-order valence-corrected chi connectivity index (χ1v) is 7.21. The standard InChI is InChI=1S/C13H13Cl2N3/c14-8-5-9-12(17-11(8)15)18-13(16-9)10-6-3-1-2-4-7(6)10/h5-7,10H,1-4H2,(H,16,17,18). The summed E-state index contributed by atoms with van der Waals surface area (Å²) in [5, 5.41) is 0.808. The van der Waals surface area contributed by atoms with Gasteiger partial charge in [-0.1, -0.05) is 36.0 Å². The second-order valence-corrected chi connectivity index (χ2v) is 6.16. The molecule has 2 atom stereocenters. The van der Waals surface area contributed by atoms with Crippen molar-refractivity contribution in [3.63, 3.8) is 0 Å². The van der Waals surface area contributed by atoms with E-state index in [0.29, 0.717) is 21.7 Å². The number of rotatable bonds is 1. The molecule has 5 heteroatoms. The molecule has 94 valence electrons. The normalized spacial score (nSPS) is 30.4. The Hall–Kier alpha value is -0.800. The van der Waals surface area contributed by atoms with Gasteiger partial charge in [0.1, 0.15) is 11.0 Å². The van der Waals surface area contributed by atoms with Crippen molar-refractivity contribution in [2.45, 2.75) is 31.6 Å². The third kappa shape index (κ3) is 1.57. The van der Waals surface area contributed by atoms with Gasteiger partial charge >= 0.3 is 0 Å². The molecule has 2 heterocycles. The van der Waals surface area contributed by atoms with E-state index >= 15 is 0 Å². The summed E-state index contributed by atoms with van der Waals surface area (Å²) in [6, 6.07) is 1.81. The minimum Gasteiger partial charge on any atom is -0.340 e. The molecule has 4 rings (SSSR count). The largest absolute Gasteiger partial charge is 0.340 e. The second kappa shape index (κ2) is 3.84. The number of nitrogens with one attached hydrogen (secondary N) is 1. The molecule has 2 aliphatic rings. The highest BCUT2D eigenvalue weighted by molar-refractivity contribution is 6.41. The lowest BCUT2D eigenvalue weighted by molar-refractivity contribution is 0.480. The van der Waals surface area contributed by atoms with Gasteiger partial charge in [0.2, 0.25) is 0 Å². The van der Waals surface area contributed by atoms with E-state index in [9.17, 15) is 0 Å². The molecule has 2 aromatic heterocycles. The predicted octanol–water partition coefficient (Wildman–Crippen LogP) is 4.17. The number of nitrogens with zero attached hydrogens (tertiary/aromatic N) is 2. The summed E-state index contributed by atoms with van der Waals surface area (Å²) in [4.78, 5) is 12.2. The average Bonchev–Trinajstić information content (AvgIpc) is 2.97. The topological polar surface area (TPSA) is 41.6 Å². The minimum absolute atomic E-state index is 0.329. The summed E-state index contributed by atoms with van der Waals surface area (Å²) in [5.74, 6) is 3.36. The third-order valence-electron chi connectivity index (χ3n) is 4.37. The lowest BCUT2D eigenvalue weighted by Crippen LogP contribution is -1.91. The molecule has 0 spiro atoms. The fraction of sp³-hybridized carbons (Fsp3) is 0.538.